The number of nitro benzene ring substituents is 1. The summed E-state index contributed by atoms with van der Waals surface area (Å²) in [5, 5.41) is 10.8. The van der Waals surface area contributed by atoms with Gasteiger partial charge in [0.1, 0.15) is 0 Å². The van der Waals surface area contributed by atoms with Gasteiger partial charge in [-0.2, -0.15) is 0 Å². The number of rotatable bonds is 3. The van der Waals surface area contributed by atoms with Gasteiger partial charge in [-0.15, -0.1) is 12.4 Å². The molecule has 18 heavy (non-hydrogen) atoms. The highest BCUT2D eigenvalue weighted by Gasteiger charge is 2.25. The van der Waals surface area contributed by atoms with E-state index in [9.17, 15) is 10.1 Å². The van der Waals surface area contributed by atoms with Gasteiger partial charge in [0.05, 0.1) is 4.92 Å². The van der Waals surface area contributed by atoms with Crippen molar-refractivity contribution in [3.8, 4) is 0 Å². The lowest BCUT2D eigenvalue weighted by molar-refractivity contribution is -0.385. The summed E-state index contributed by atoms with van der Waals surface area (Å²) >= 11 is 0. The van der Waals surface area contributed by atoms with Gasteiger partial charge in [0.25, 0.3) is 5.69 Å². The Morgan fingerprint density at radius 1 is 1.50 bits per heavy atom. The first-order chi connectivity index (χ1) is 8.13. The van der Waals surface area contributed by atoms with Crippen molar-refractivity contribution >= 4 is 18.1 Å². The average molecular weight is 271 g/mol. The van der Waals surface area contributed by atoms with Crippen molar-refractivity contribution in [1.82, 2.24) is 4.90 Å². The van der Waals surface area contributed by atoms with Gasteiger partial charge in [-0.3, -0.25) is 15.0 Å². The molecule has 1 atom stereocenters. The van der Waals surface area contributed by atoms with E-state index in [1.165, 1.54) is 5.56 Å². The Morgan fingerprint density at radius 3 is 2.83 bits per heavy atom. The van der Waals surface area contributed by atoms with Crippen LogP contribution in [0.4, 0.5) is 5.69 Å². The minimum atomic E-state index is -0.308. The van der Waals surface area contributed by atoms with Crippen LogP contribution in [0.1, 0.15) is 36.9 Å². The molecule has 1 aliphatic rings. The van der Waals surface area contributed by atoms with Gasteiger partial charge in [0.2, 0.25) is 0 Å². The summed E-state index contributed by atoms with van der Waals surface area (Å²) in [4.78, 5) is 12.8. The molecule has 0 fully saturated rings. The summed E-state index contributed by atoms with van der Waals surface area (Å²) < 4.78 is 0. The smallest absolute Gasteiger partial charge is 0.269 e. The van der Waals surface area contributed by atoms with Crippen molar-refractivity contribution < 1.29 is 4.92 Å². The summed E-state index contributed by atoms with van der Waals surface area (Å²) in [6, 6.07) is 5.63. The van der Waals surface area contributed by atoms with Crippen LogP contribution in [-0.2, 0) is 6.42 Å². The molecule has 4 nitrogen and oxygen atoms in total. The summed E-state index contributed by atoms with van der Waals surface area (Å²) in [5.41, 5.74) is 2.63. The first-order valence-electron chi connectivity index (χ1n) is 6.11. The van der Waals surface area contributed by atoms with Gasteiger partial charge in [0.15, 0.2) is 0 Å². The van der Waals surface area contributed by atoms with Gasteiger partial charge in [-0.1, -0.05) is 19.4 Å². The molecule has 1 unspecified atom stereocenters. The number of fused-ring (bicyclic) bond motifs is 1. The largest absolute Gasteiger partial charge is 0.299 e. The molecule has 1 aromatic rings. The van der Waals surface area contributed by atoms with E-state index in [-0.39, 0.29) is 23.0 Å². The van der Waals surface area contributed by atoms with Gasteiger partial charge < -0.3 is 0 Å². The normalized spacial score (nSPS) is 18.9. The number of non-ortho nitro benzene ring substituents is 1. The fraction of sp³-hybridized carbons (Fsp3) is 0.538. The average Bonchev–Trinajstić information content (AvgIpc) is 2.32. The van der Waals surface area contributed by atoms with E-state index in [0.717, 1.165) is 31.4 Å². The number of likely N-dealkylation sites (N-methyl/N-ethyl adjacent to an activating group) is 1. The number of halogens is 1. The van der Waals surface area contributed by atoms with Gasteiger partial charge >= 0.3 is 0 Å². The van der Waals surface area contributed by atoms with Crippen LogP contribution in [0.5, 0.6) is 0 Å². The van der Waals surface area contributed by atoms with Crippen LogP contribution in [0.25, 0.3) is 0 Å². The van der Waals surface area contributed by atoms with Crippen LogP contribution in [0.3, 0.4) is 0 Å². The zero-order chi connectivity index (χ0) is 12.4. The predicted molar refractivity (Wildman–Crippen MR) is 74.3 cm³/mol. The zero-order valence-electron chi connectivity index (χ0n) is 10.8. The molecule has 0 amide bonds. The minimum Gasteiger partial charge on any atom is -0.299 e. The molecule has 0 radical (unpaired) electrons. The summed E-state index contributed by atoms with van der Waals surface area (Å²) in [5.74, 6) is 0. The fourth-order valence-electron chi connectivity index (χ4n) is 2.57. The second kappa shape index (κ2) is 6.16. The molecule has 0 N–H and O–H groups in total. The number of nitro groups is 1. The molecule has 0 aliphatic carbocycles. The monoisotopic (exact) mass is 270 g/mol. The number of nitrogens with zero attached hydrogens (tertiary/aromatic N) is 2. The molecule has 1 heterocycles. The first-order valence-corrected chi connectivity index (χ1v) is 6.11. The second-order valence-electron chi connectivity index (χ2n) is 4.68. The molecule has 5 heteroatoms. The fourth-order valence-corrected chi connectivity index (χ4v) is 2.57. The number of hydrogen-bond donors (Lipinski definition) is 0. The molecule has 2 rings (SSSR count). The maximum absolute atomic E-state index is 10.8. The van der Waals surface area contributed by atoms with Crippen LogP contribution in [0.2, 0.25) is 0 Å². The molecule has 100 valence electrons. The standard InChI is InChI=1S/C13H18N2O2.ClH/c1-3-4-13-12-9-11(15(16)17)6-5-10(12)7-8-14(13)2;/h5-6,9,13H,3-4,7-8H2,1-2H3;1H. The number of benzene rings is 1. The lowest BCUT2D eigenvalue weighted by atomic mass is 9.90. The van der Waals surface area contributed by atoms with Crippen LogP contribution >= 0.6 is 12.4 Å². The van der Waals surface area contributed by atoms with Crippen molar-refractivity contribution in [3.63, 3.8) is 0 Å². The van der Waals surface area contributed by atoms with E-state index in [1.807, 2.05) is 6.07 Å². The third-order valence-corrected chi connectivity index (χ3v) is 3.53. The maximum Gasteiger partial charge on any atom is 0.269 e. The van der Waals surface area contributed by atoms with Crippen molar-refractivity contribution in [3.05, 3.63) is 39.4 Å². The van der Waals surface area contributed by atoms with Crippen molar-refractivity contribution in [2.75, 3.05) is 13.6 Å². The van der Waals surface area contributed by atoms with Crippen LogP contribution in [0.15, 0.2) is 18.2 Å². The Kier molecular flexibility index (Phi) is 5.11. The van der Waals surface area contributed by atoms with Crippen LogP contribution < -0.4 is 0 Å². The van der Waals surface area contributed by atoms with Gasteiger partial charge in [-0.05, 0) is 31.0 Å². The van der Waals surface area contributed by atoms with Crippen molar-refractivity contribution in [2.45, 2.75) is 32.2 Å². The molecular formula is C13H19ClN2O2. The van der Waals surface area contributed by atoms with Gasteiger partial charge in [0, 0.05) is 24.7 Å². The van der Waals surface area contributed by atoms with Gasteiger partial charge in [-0.25, -0.2) is 0 Å². The third kappa shape index (κ3) is 2.82. The Bertz CT molecular complexity index is 437. The highest BCUT2D eigenvalue weighted by molar-refractivity contribution is 5.85. The predicted octanol–water partition coefficient (Wildman–Crippen LogP) is 3.35. The Labute approximate surface area is 114 Å². The Balaban J connectivity index is 0.00000162. The van der Waals surface area contributed by atoms with E-state index in [1.54, 1.807) is 12.1 Å². The zero-order valence-corrected chi connectivity index (χ0v) is 11.6. The van der Waals surface area contributed by atoms with E-state index < -0.39 is 0 Å². The molecule has 0 saturated heterocycles. The molecule has 0 spiro atoms. The maximum atomic E-state index is 10.8. The molecule has 0 saturated carbocycles. The third-order valence-electron chi connectivity index (χ3n) is 3.53. The highest BCUT2D eigenvalue weighted by atomic mass is 35.5. The lowest BCUT2D eigenvalue weighted by Gasteiger charge is -2.34. The van der Waals surface area contributed by atoms with E-state index in [4.69, 9.17) is 0 Å². The first kappa shape index (κ1) is 14.9. The number of hydrogen-bond acceptors (Lipinski definition) is 3. The molecule has 0 bridgehead atoms. The van der Waals surface area contributed by atoms with E-state index >= 15 is 0 Å². The summed E-state index contributed by atoms with van der Waals surface area (Å²) in [7, 11) is 2.10. The molecule has 1 aromatic carbocycles. The molecule has 1 aliphatic heterocycles. The summed E-state index contributed by atoms with van der Waals surface area (Å²) in [6.45, 7) is 3.19. The molecule has 0 aromatic heterocycles. The Hall–Kier alpha value is -1.13. The van der Waals surface area contributed by atoms with Crippen LogP contribution in [-0.4, -0.2) is 23.4 Å². The van der Waals surface area contributed by atoms with Crippen molar-refractivity contribution in [2.24, 2.45) is 0 Å². The highest BCUT2D eigenvalue weighted by Crippen LogP contribution is 2.34. The van der Waals surface area contributed by atoms with E-state index in [2.05, 4.69) is 18.9 Å². The van der Waals surface area contributed by atoms with Crippen molar-refractivity contribution in [1.29, 1.82) is 0 Å². The topological polar surface area (TPSA) is 46.4 Å². The van der Waals surface area contributed by atoms with Crippen LogP contribution in [0, 0.1) is 10.1 Å². The summed E-state index contributed by atoms with van der Waals surface area (Å²) in [6.07, 6.45) is 3.14. The molecular weight excluding hydrogens is 252 g/mol. The Morgan fingerprint density at radius 2 is 2.22 bits per heavy atom. The van der Waals surface area contributed by atoms with E-state index in [0.29, 0.717) is 6.04 Å². The quantitative estimate of drug-likeness (QED) is 0.625. The minimum absolute atomic E-state index is 0. The lowest BCUT2D eigenvalue weighted by Crippen LogP contribution is -2.32. The second-order valence-corrected chi connectivity index (χ2v) is 4.68. The SMILES string of the molecule is CCCC1c2cc([N+](=O)[O-])ccc2CCN1C.Cl.